The highest BCUT2D eigenvalue weighted by Crippen LogP contribution is 2.33. The maximum atomic E-state index is 12.5. The molecule has 1 fully saturated rings. The number of thiocarbonyl (C=S) groups is 1. The van der Waals surface area contributed by atoms with E-state index in [2.05, 4.69) is 0 Å². The minimum Gasteiger partial charge on any atom is -0.457 e. The summed E-state index contributed by atoms with van der Waals surface area (Å²) in [5.74, 6) is 0.374. The second kappa shape index (κ2) is 8.22. The minimum atomic E-state index is -4.17. The van der Waals surface area contributed by atoms with Gasteiger partial charge in [-0.15, -0.1) is 0 Å². The van der Waals surface area contributed by atoms with Gasteiger partial charge in [-0.25, -0.2) is 0 Å². The van der Waals surface area contributed by atoms with E-state index in [1.165, 1.54) is 4.90 Å². The zero-order chi connectivity index (χ0) is 19.4. The molecule has 2 aromatic carbocycles. The summed E-state index contributed by atoms with van der Waals surface area (Å²) in [5, 5.41) is 0. The first-order valence-electron chi connectivity index (χ1n) is 7.85. The fourth-order valence-corrected chi connectivity index (χ4v) is 4.07. The molecule has 1 aliphatic heterocycles. The van der Waals surface area contributed by atoms with Gasteiger partial charge < -0.3 is 4.74 Å². The van der Waals surface area contributed by atoms with E-state index in [0.29, 0.717) is 16.4 Å². The second-order valence-corrected chi connectivity index (χ2v) is 8.85. The van der Waals surface area contributed by atoms with Crippen LogP contribution < -0.4 is 4.74 Å². The predicted molar refractivity (Wildman–Crippen MR) is 109 cm³/mol. The van der Waals surface area contributed by atoms with Gasteiger partial charge in [0.2, 0.25) is 0 Å². The maximum Gasteiger partial charge on any atom is 0.266 e. The number of carbonyl (C=O) groups excluding carboxylic acids is 1. The first-order chi connectivity index (χ1) is 12.8. The van der Waals surface area contributed by atoms with Crippen molar-refractivity contribution < 1.29 is 22.5 Å². The number of hydrogen-bond donors (Lipinski definition) is 1. The minimum absolute atomic E-state index is 0.183. The molecule has 3 rings (SSSR count). The van der Waals surface area contributed by atoms with Crippen molar-refractivity contribution in [3.8, 4) is 11.5 Å². The van der Waals surface area contributed by atoms with E-state index < -0.39 is 15.9 Å². The average Bonchev–Trinajstić information content (AvgIpc) is 2.87. The van der Waals surface area contributed by atoms with Crippen LogP contribution in [0.15, 0.2) is 59.5 Å². The molecule has 140 valence electrons. The Hall–Kier alpha value is -2.20. The van der Waals surface area contributed by atoms with E-state index >= 15 is 0 Å². The largest absolute Gasteiger partial charge is 0.457 e. The fourth-order valence-electron chi connectivity index (χ4n) is 2.34. The van der Waals surface area contributed by atoms with Crippen LogP contribution in [-0.2, 0) is 14.9 Å². The van der Waals surface area contributed by atoms with E-state index in [1.807, 2.05) is 48.5 Å². The number of benzene rings is 2. The molecule has 0 radical (unpaired) electrons. The molecule has 6 nitrogen and oxygen atoms in total. The monoisotopic (exact) mass is 421 g/mol. The average molecular weight is 422 g/mol. The molecule has 1 saturated heterocycles. The molecule has 0 spiro atoms. The number of rotatable bonds is 6. The summed E-state index contributed by atoms with van der Waals surface area (Å²) in [6.07, 6.45) is 1.67. The van der Waals surface area contributed by atoms with E-state index in [1.54, 1.807) is 12.1 Å². The van der Waals surface area contributed by atoms with E-state index in [4.69, 9.17) is 21.5 Å². The molecular formula is C18H15NO5S3. The van der Waals surface area contributed by atoms with Crippen LogP contribution in [0.3, 0.4) is 0 Å². The van der Waals surface area contributed by atoms with Crippen LogP contribution >= 0.6 is 24.0 Å². The van der Waals surface area contributed by atoms with Crippen molar-refractivity contribution in [2.24, 2.45) is 0 Å². The lowest BCUT2D eigenvalue weighted by Gasteiger charge is -2.12. The summed E-state index contributed by atoms with van der Waals surface area (Å²) < 4.78 is 36.7. The lowest BCUT2D eigenvalue weighted by molar-refractivity contribution is -0.121. The molecule has 0 aliphatic carbocycles. The summed E-state index contributed by atoms with van der Waals surface area (Å²) in [6, 6.07) is 16.5. The van der Waals surface area contributed by atoms with Gasteiger partial charge in [0.05, 0.1) is 10.7 Å². The SMILES string of the molecule is O=C1/C(=C\c2cccc(Oc3ccccc3)c2)SC(=S)N1CCS(=O)(=O)O. The van der Waals surface area contributed by atoms with Gasteiger partial charge in [0.1, 0.15) is 15.8 Å². The summed E-state index contributed by atoms with van der Waals surface area (Å²) in [4.78, 5) is 14.0. The quantitative estimate of drug-likeness (QED) is 0.434. The topological polar surface area (TPSA) is 83.9 Å². The Labute approximate surface area is 166 Å². The van der Waals surface area contributed by atoms with E-state index in [-0.39, 0.29) is 16.8 Å². The molecule has 0 aromatic heterocycles. The van der Waals surface area contributed by atoms with Crippen LogP contribution in [0.4, 0.5) is 0 Å². The van der Waals surface area contributed by atoms with Gasteiger partial charge in [-0.05, 0) is 35.9 Å². The number of carbonyl (C=O) groups is 1. The normalized spacial score (nSPS) is 16.2. The number of nitrogens with zero attached hydrogens (tertiary/aromatic N) is 1. The molecule has 0 bridgehead atoms. The zero-order valence-corrected chi connectivity index (χ0v) is 16.4. The van der Waals surface area contributed by atoms with Gasteiger partial charge in [-0.2, -0.15) is 8.42 Å². The zero-order valence-electron chi connectivity index (χ0n) is 13.9. The van der Waals surface area contributed by atoms with E-state index in [0.717, 1.165) is 17.3 Å². The van der Waals surface area contributed by atoms with Crippen molar-refractivity contribution in [1.82, 2.24) is 4.90 Å². The van der Waals surface area contributed by atoms with Gasteiger partial charge in [0.15, 0.2) is 0 Å². The van der Waals surface area contributed by atoms with Crippen LogP contribution in [0.5, 0.6) is 11.5 Å². The third-order valence-electron chi connectivity index (χ3n) is 3.58. The summed E-state index contributed by atoms with van der Waals surface area (Å²) in [6.45, 7) is -0.183. The molecule has 0 atom stereocenters. The molecule has 1 N–H and O–H groups in total. The Bertz CT molecular complexity index is 1000. The fraction of sp³-hybridized carbons (Fsp3) is 0.111. The molecule has 27 heavy (non-hydrogen) atoms. The standard InChI is InChI=1S/C18H15NO5S3/c20-17-16(26-18(25)19(17)9-10-27(21,22)23)12-13-5-4-8-15(11-13)24-14-6-2-1-3-7-14/h1-8,11-12H,9-10H2,(H,21,22,23)/b16-12+. The lowest BCUT2D eigenvalue weighted by atomic mass is 10.2. The third kappa shape index (κ3) is 5.39. The number of para-hydroxylation sites is 1. The molecule has 9 heteroatoms. The molecule has 0 unspecified atom stereocenters. The Balaban J connectivity index is 1.75. The summed E-state index contributed by atoms with van der Waals surface area (Å²) in [5.41, 5.74) is 0.749. The van der Waals surface area contributed by atoms with Gasteiger partial charge in [0.25, 0.3) is 16.0 Å². The van der Waals surface area contributed by atoms with Crippen molar-refractivity contribution >= 4 is 50.4 Å². The van der Waals surface area contributed by atoms with Crippen LogP contribution in [0.1, 0.15) is 5.56 Å². The Morgan fingerprint density at radius 3 is 2.52 bits per heavy atom. The highest BCUT2D eigenvalue weighted by Gasteiger charge is 2.32. The summed E-state index contributed by atoms with van der Waals surface area (Å²) >= 11 is 6.23. The van der Waals surface area contributed by atoms with Crippen molar-refractivity contribution in [2.45, 2.75) is 0 Å². The molecule has 1 aliphatic rings. The van der Waals surface area contributed by atoms with Gasteiger partial charge in [-0.3, -0.25) is 14.2 Å². The van der Waals surface area contributed by atoms with Crippen LogP contribution in [0.25, 0.3) is 6.08 Å². The molecule has 0 saturated carbocycles. The number of amides is 1. The first-order valence-corrected chi connectivity index (χ1v) is 10.7. The van der Waals surface area contributed by atoms with Crippen molar-refractivity contribution in [3.63, 3.8) is 0 Å². The molecule has 1 amide bonds. The number of hydrogen-bond acceptors (Lipinski definition) is 6. The van der Waals surface area contributed by atoms with Crippen LogP contribution in [-0.4, -0.2) is 40.4 Å². The van der Waals surface area contributed by atoms with E-state index in [9.17, 15) is 13.2 Å². The smallest absolute Gasteiger partial charge is 0.266 e. The van der Waals surface area contributed by atoms with Gasteiger partial charge in [0, 0.05) is 6.54 Å². The highest BCUT2D eigenvalue weighted by molar-refractivity contribution is 8.26. The first kappa shape index (κ1) is 19.6. The number of thioether (sulfide) groups is 1. The highest BCUT2D eigenvalue weighted by atomic mass is 32.2. The van der Waals surface area contributed by atoms with Gasteiger partial charge in [-0.1, -0.05) is 54.3 Å². The van der Waals surface area contributed by atoms with Crippen LogP contribution in [0.2, 0.25) is 0 Å². The predicted octanol–water partition coefficient (Wildman–Crippen LogP) is 3.57. The molecular weight excluding hydrogens is 406 g/mol. The van der Waals surface area contributed by atoms with Crippen molar-refractivity contribution in [3.05, 3.63) is 65.1 Å². The lowest BCUT2D eigenvalue weighted by Crippen LogP contribution is -2.32. The molecule has 1 heterocycles. The third-order valence-corrected chi connectivity index (χ3v) is 5.66. The van der Waals surface area contributed by atoms with Crippen molar-refractivity contribution in [2.75, 3.05) is 12.3 Å². The second-order valence-electron chi connectivity index (χ2n) is 5.61. The number of ether oxygens (including phenoxy) is 1. The molecule has 2 aromatic rings. The van der Waals surface area contributed by atoms with Crippen LogP contribution in [0, 0.1) is 0 Å². The van der Waals surface area contributed by atoms with Crippen molar-refractivity contribution in [1.29, 1.82) is 0 Å². The van der Waals surface area contributed by atoms with Gasteiger partial charge >= 0.3 is 0 Å². The maximum absolute atomic E-state index is 12.5. The Kier molecular flexibility index (Phi) is 5.95. The Morgan fingerprint density at radius 1 is 1.11 bits per heavy atom. The summed E-state index contributed by atoms with van der Waals surface area (Å²) in [7, 11) is -4.17. The Morgan fingerprint density at radius 2 is 1.81 bits per heavy atom.